The van der Waals surface area contributed by atoms with Crippen molar-refractivity contribution >= 4 is 5.91 Å². The third-order valence-electron chi connectivity index (χ3n) is 4.78. The Morgan fingerprint density at radius 2 is 2.05 bits per heavy atom. The normalized spacial score (nSPS) is 22.7. The Labute approximate surface area is 127 Å². The monoisotopic (exact) mass is 284 g/mol. The van der Waals surface area contributed by atoms with Gasteiger partial charge in [0.15, 0.2) is 0 Å². The Bertz CT molecular complexity index is 564. The third kappa shape index (κ3) is 2.88. The number of carbonyl (C=O) groups is 1. The maximum Gasteiger partial charge on any atom is 0.240 e. The van der Waals surface area contributed by atoms with Crippen LogP contribution in [-0.2, 0) is 17.8 Å². The fourth-order valence-corrected chi connectivity index (χ4v) is 3.33. The lowest BCUT2D eigenvalue weighted by molar-refractivity contribution is -0.137. The molecule has 0 saturated heterocycles. The van der Waals surface area contributed by atoms with E-state index in [-0.39, 0.29) is 6.04 Å². The topological polar surface area (TPSA) is 23.6 Å². The lowest BCUT2D eigenvalue weighted by Crippen LogP contribution is -2.52. The zero-order valence-electron chi connectivity index (χ0n) is 13.0. The summed E-state index contributed by atoms with van der Waals surface area (Å²) in [7, 11) is 0. The molecule has 2 heterocycles. The Morgan fingerprint density at radius 3 is 2.71 bits per heavy atom. The molecule has 3 heteroatoms. The summed E-state index contributed by atoms with van der Waals surface area (Å²) in [6.07, 6.45) is 4.05. The van der Waals surface area contributed by atoms with E-state index in [1.54, 1.807) is 0 Å². The van der Waals surface area contributed by atoms with Crippen molar-refractivity contribution in [1.29, 1.82) is 0 Å². The zero-order chi connectivity index (χ0) is 14.8. The van der Waals surface area contributed by atoms with E-state index in [0.29, 0.717) is 5.91 Å². The predicted octanol–water partition coefficient (Wildman–Crippen LogP) is 2.61. The molecule has 3 nitrogen and oxygen atoms in total. The van der Waals surface area contributed by atoms with Crippen molar-refractivity contribution in [2.45, 2.75) is 39.3 Å². The van der Waals surface area contributed by atoms with Crippen LogP contribution < -0.4 is 0 Å². The molecular weight excluding hydrogens is 260 g/mol. The fourth-order valence-electron chi connectivity index (χ4n) is 3.33. The quantitative estimate of drug-likeness (QED) is 0.779. The highest BCUT2D eigenvalue weighted by molar-refractivity contribution is 5.83. The van der Waals surface area contributed by atoms with Crippen LogP contribution in [0.5, 0.6) is 0 Å². The smallest absolute Gasteiger partial charge is 0.240 e. The van der Waals surface area contributed by atoms with Crippen LogP contribution in [0.3, 0.4) is 0 Å². The predicted molar refractivity (Wildman–Crippen MR) is 85.0 cm³/mol. The van der Waals surface area contributed by atoms with Gasteiger partial charge in [-0.05, 0) is 37.4 Å². The second kappa shape index (κ2) is 6.02. The highest BCUT2D eigenvalue weighted by Crippen LogP contribution is 2.25. The van der Waals surface area contributed by atoms with E-state index in [9.17, 15) is 4.79 Å². The molecule has 1 amide bonds. The number of fused-ring (bicyclic) bond motifs is 1. The van der Waals surface area contributed by atoms with Crippen molar-refractivity contribution in [3.05, 3.63) is 47.0 Å². The van der Waals surface area contributed by atoms with Crippen molar-refractivity contribution in [2.75, 3.05) is 19.6 Å². The molecule has 1 atom stereocenters. The molecule has 1 aromatic carbocycles. The number of nitrogens with zero attached hydrogens (tertiary/aromatic N) is 2. The lowest BCUT2D eigenvalue weighted by Gasteiger charge is -2.38. The maximum absolute atomic E-state index is 12.9. The minimum absolute atomic E-state index is 0.0108. The summed E-state index contributed by atoms with van der Waals surface area (Å²) in [4.78, 5) is 17.2. The zero-order valence-corrected chi connectivity index (χ0v) is 13.0. The summed E-state index contributed by atoms with van der Waals surface area (Å²) < 4.78 is 0. The van der Waals surface area contributed by atoms with E-state index in [0.717, 1.165) is 39.0 Å². The molecule has 112 valence electrons. The molecular formula is C18H24N2O. The summed E-state index contributed by atoms with van der Waals surface area (Å²) in [6, 6.07) is 8.54. The standard InChI is InChI=1S/C18H24N2O/c1-3-19-13-16-7-5-4-6-15(16)12-17(19)18(21)20-10-8-14(2)9-11-20/h4-8,17H,3,9-13H2,1-2H3. The molecule has 0 bridgehead atoms. The van der Waals surface area contributed by atoms with E-state index in [1.165, 1.54) is 16.7 Å². The maximum atomic E-state index is 12.9. The van der Waals surface area contributed by atoms with Crippen LogP contribution in [0.25, 0.3) is 0 Å². The van der Waals surface area contributed by atoms with E-state index < -0.39 is 0 Å². The second-order valence-electron chi connectivity index (χ2n) is 6.14. The highest BCUT2D eigenvalue weighted by atomic mass is 16.2. The molecule has 0 aromatic heterocycles. The van der Waals surface area contributed by atoms with Gasteiger partial charge in [-0.1, -0.05) is 42.8 Å². The van der Waals surface area contributed by atoms with Crippen LogP contribution in [-0.4, -0.2) is 41.4 Å². The first-order valence-corrected chi connectivity index (χ1v) is 7.94. The van der Waals surface area contributed by atoms with Gasteiger partial charge < -0.3 is 4.90 Å². The Morgan fingerprint density at radius 1 is 1.29 bits per heavy atom. The van der Waals surface area contributed by atoms with Crippen LogP contribution in [0.4, 0.5) is 0 Å². The highest BCUT2D eigenvalue weighted by Gasteiger charge is 2.33. The SMILES string of the molecule is CCN1Cc2ccccc2CC1C(=O)N1CC=C(C)CC1. The van der Waals surface area contributed by atoms with Crippen LogP contribution in [0.1, 0.15) is 31.4 Å². The van der Waals surface area contributed by atoms with Gasteiger partial charge in [0, 0.05) is 19.6 Å². The number of likely N-dealkylation sites (N-methyl/N-ethyl adjacent to an activating group) is 1. The summed E-state index contributed by atoms with van der Waals surface area (Å²) >= 11 is 0. The van der Waals surface area contributed by atoms with E-state index in [4.69, 9.17) is 0 Å². The molecule has 0 radical (unpaired) electrons. The summed E-state index contributed by atoms with van der Waals surface area (Å²) in [6.45, 7) is 7.77. The molecule has 2 aliphatic heterocycles. The molecule has 1 aromatic rings. The molecule has 0 aliphatic carbocycles. The average molecular weight is 284 g/mol. The first kappa shape index (κ1) is 14.3. The largest absolute Gasteiger partial charge is 0.337 e. The summed E-state index contributed by atoms with van der Waals surface area (Å²) in [5.41, 5.74) is 4.11. The first-order valence-electron chi connectivity index (χ1n) is 7.94. The number of rotatable bonds is 2. The Hall–Kier alpha value is -1.61. The van der Waals surface area contributed by atoms with Crippen molar-refractivity contribution in [3.8, 4) is 0 Å². The van der Waals surface area contributed by atoms with Gasteiger partial charge in [0.2, 0.25) is 5.91 Å². The number of carbonyl (C=O) groups excluding carboxylic acids is 1. The van der Waals surface area contributed by atoms with Gasteiger partial charge in [-0.25, -0.2) is 0 Å². The average Bonchev–Trinajstić information content (AvgIpc) is 2.53. The lowest BCUT2D eigenvalue weighted by atomic mass is 9.93. The minimum atomic E-state index is 0.0108. The molecule has 0 saturated carbocycles. The second-order valence-corrected chi connectivity index (χ2v) is 6.14. The first-order chi connectivity index (χ1) is 10.2. The van der Waals surface area contributed by atoms with Gasteiger partial charge in [0.05, 0.1) is 6.04 Å². The van der Waals surface area contributed by atoms with Gasteiger partial charge in [0.1, 0.15) is 0 Å². The van der Waals surface area contributed by atoms with Gasteiger partial charge in [-0.2, -0.15) is 0 Å². The third-order valence-corrected chi connectivity index (χ3v) is 4.78. The van der Waals surface area contributed by atoms with E-state index in [2.05, 4.69) is 49.1 Å². The Kier molecular flexibility index (Phi) is 4.11. The van der Waals surface area contributed by atoms with Gasteiger partial charge in [0.25, 0.3) is 0 Å². The molecule has 3 rings (SSSR count). The van der Waals surface area contributed by atoms with Crippen LogP contribution in [0, 0.1) is 0 Å². The fraction of sp³-hybridized carbons (Fsp3) is 0.500. The summed E-state index contributed by atoms with van der Waals surface area (Å²) in [5, 5.41) is 0. The molecule has 2 aliphatic rings. The number of benzene rings is 1. The van der Waals surface area contributed by atoms with Crippen molar-refractivity contribution < 1.29 is 4.79 Å². The van der Waals surface area contributed by atoms with Gasteiger partial charge in [-0.3, -0.25) is 9.69 Å². The number of amides is 1. The summed E-state index contributed by atoms with van der Waals surface area (Å²) in [5.74, 6) is 0.301. The molecule has 0 fully saturated rings. The number of hydrogen-bond donors (Lipinski definition) is 0. The number of hydrogen-bond acceptors (Lipinski definition) is 2. The molecule has 21 heavy (non-hydrogen) atoms. The van der Waals surface area contributed by atoms with Crippen molar-refractivity contribution in [2.24, 2.45) is 0 Å². The van der Waals surface area contributed by atoms with Crippen LogP contribution in [0.15, 0.2) is 35.9 Å². The Balaban J connectivity index is 1.79. The minimum Gasteiger partial charge on any atom is -0.337 e. The molecule has 0 N–H and O–H groups in total. The van der Waals surface area contributed by atoms with Crippen molar-refractivity contribution in [3.63, 3.8) is 0 Å². The molecule has 1 unspecified atom stereocenters. The van der Waals surface area contributed by atoms with Crippen molar-refractivity contribution in [1.82, 2.24) is 9.80 Å². The van der Waals surface area contributed by atoms with Crippen LogP contribution >= 0.6 is 0 Å². The van der Waals surface area contributed by atoms with Crippen LogP contribution in [0.2, 0.25) is 0 Å². The van der Waals surface area contributed by atoms with E-state index >= 15 is 0 Å². The van der Waals surface area contributed by atoms with E-state index in [1.807, 2.05) is 4.90 Å². The molecule has 0 spiro atoms. The van der Waals surface area contributed by atoms with Gasteiger partial charge >= 0.3 is 0 Å². The van der Waals surface area contributed by atoms with Gasteiger partial charge in [-0.15, -0.1) is 0 Å².